The van der Waals surface area contributed by atoms with Gasteiger partial charge in [0.15, 0.2) is 0 Å². The Balaban J connectivity index is 3.33. The van der Waals surface area contributed by atoms with E-state index in [0.29, 0.717) is 12.8 Å². The molecule has 0 spiro atoms. The third kappa shape index (κ3) is 8.50. The second-order valence-corrected chi connectivity index (χ2v) is 2.05. The molecule has 2 N–H and O–H groups in total. The van der Waals surface area contributed by atoms with Crippen LogP contribution in [-0.4, -0.2) is 22.2 Å². The van der Waals surface area contributed by atoms with Crippen molar-refractivity contribution in [3.05, 3.63) is 6.42 Å². The Bertz CT molecular complexity index is 221. The van der Waals surface area contributed by atoms with Gasteiger partial charge in [-0.1, -0.05) is 5.92 Å². The lowest BCUT2D eigenvalue weighted by molar-refractivity contribution is -0.137. The highest BCUT2D eigenvalue weighted by Crippen LogP contribution is 1.92. The minimum absolute atomic E-state index is 0.0712. The van der Waals surface area contributed by atoms with Crippen molar-refractivity contribution in [2.45, 2.75) is 19.3 Å². The average molecular weight is 169 g/mol. The molecule has 65 valence electrons. The zero-order chi connectivity index (χ0) is 9.40. The molecule has 4 heteroatoms. The van der Waals surface area contributed by atoms with Gasteiger partial charge in [-0.2, -0.15) is 0 Å². The fraction of sp³-hybridized carbons (Fsp3) is 0.375. The van der Waals surface area contributed by atoms with E-state index < -0.39 is 11.9 Å². The Morgan fingerprint density at radius 1 is 1.33 bits per heavy atom. The summed E-state index contributed by atoms with van der Waals surface area (Å²) in [6, 6.07) is 0. The number of unbranched alkanes of at least 4 members (excludes halogenated alkanes) is 1. The van der Waals surface area contributed by atoms with Crippen LogP contribution < -0.4 is 0 Å². The third-order valence-corrected chi connectivity index (χ3v) is 0.990. The maximum Gasteiger partial charge on any atom is 0.320 e. The molecule has 0 unspecified atom stereocenters. The molecule has 0 aromatic carbocycles. The maximum absolute atomic E-state index is 9.99. The van der Waals surface area contributed by atoms with Gasteiger partial charge in [-0.15, -0.1) is 5.92 Å². The van der Waals surface area contributed by atoms with E-state index in [9.17, 15) is 9.59 Å². The number of hydrogen-bond acceptors (Lipinski definition) is 2. The number of carboxylic acid groups (broad SMARTS) is 2. The molecular formula is C8H9O4. The summed E-state index contributed by atoms with van der Waals surface area (Å²) in [5.41, 5.74) is 0. The second-order valence-electron chi connectivity index (χ2n) is 2.05. The van der Waals surface area contributed by atoms with Gasteiger partial charge in [0.25, 0.3) is 0 Å². The van der Waals surface area contributed by atoms with Crippen LogP contribution in [0.3, 0.4) is 0 Å². The summed E-state index contributed by atoms with van der Waals surface area (Å²) >= 11 is 0. The first-order valence-corrected chi connectivity index (χ1v) is 3.39. The lowest BCUT2D eigenvalue weighted by Gasteiger charge is -1.86. The van der Waals surface area contributed by atoms with Crippen molar-refractivity contribution in [2.75, 3.05) is 0 Å². The number of rotatable bonds is 4. The van der Waals surface area contributed by atoms with Crippen LogP contribution >= 0.6 is 0 Å². The summed E-state index contributed by atoms with van der Waals surface area (Å²) < 4.78 is 0. The van der Waals surface area contributed by atoms with E-state index >= 15 is 0 Å². The summed E-state index contributed by atoms with van der Waals surface area (Å²) in [4.78, 5) is 19.9. The number of aliphatic carboxylic acids is 2. The van der Waals surface area contributed by atoms with Gasteiger partial charge in [-0.05, 0) is 6.42 Å². The summed E-state index contributed by atoms with van der Waals surface area (Å²) in [6.07, 6.45) is 1.77. The highest BCUT2D eigenvalue weighted by atomic mass is 16.4. The molecule has 0 aliphatic rings. The quantitative estimate of drug-likeness (QED) is 0.475. The first-order chi connectivity index (χ1) is 5.63. The second kappa shape index (κ2) is 6.23. The molecule has 0 atom stereocenters. The van der Waals surface area contributed by atoms with E-state index in [0.717, 1.165) is 6.42 Å². The van der Waals surface area contributed by atoms with Gasteiger partial charge in [0.1, 0.15) is 6.42 Å². The van der Waals surface area contributed by atoms with Crippen molar-refractivity contribution in [1.29, 1.82) is 0 Å². The SMILES string of the molecule is O=C(O)[CH]C#CCCCC(=O)O. The summed E-state index contributed by atoms with van der Waals surface area (Å²) in [5.74, 6) is 2.87. The van der Waals surface area contributed by atoms with Crippen molar-refractivity contribution in [3.63, 3.8) is 0 Å². The zero-order valence-electron chi connectivity index (χ0n) is 6.41. The minimum Gasteiger partial charge on any atom is -0.481 e. The van der Waals surface area contributed by atoms with Crippen LogP contribution in [0.5, 0.6) is 0 Å². The average Bonchev–Trinajstić information content (AvgIpc) is 1.95. The predicted molar refractivity (Wildman–Crippen MR) is 41.2 cm³/mol. The van der Waals surface area contributed by atoms with Crippen molar-refractivity contribution in [2.24, 2.45) is 0 Å². The van der Waals surface area contributed by atoms with Crippen LogP contribution in [0.4, 0.5) is 0 Å². The fourth-order valence-corrected chi connectivity index (χ4v) is 0.513. The Morgan fingerprint density at radius 3 is 2.50 bits per heavy atom. The predicted octanol–water partition coefficient (Wildman–Crippen LogP) is 0.534. The minimum atomic E-state index is -1.08. The van der Waals surface area contributed by atoms with Crippen LogP contribution in [0.15, 0.2) is 0 Å². The van der Waals surface area contributed by atoms with Crippen LogP contribution in [0, 0.1) is 18.3 Å². The third-order valence-electron chi connectivity index (χ3n) is 0.990. The lowest BCUT2D eigenvalue weighted by Crippen LogP contribution is -1.93. The van der Waals surface area contributed by atoms with Crippen molar-refractivity contribution in [1.82, 2.24) is 0 Å². The topological polar surface area (TPSA) is 74.6 Å². The molecule has 0 heterocycles. The molecular weight excluding hydrogens is 160 g/mol. The molecule has 4 nitrogen and oxygen atoms in total. The largest absolute Gasteiger partial charge is 0.481 e. The van der Waals surface area contributed by atoms with Crippen molar-refractivity contribution < 1.29 is 19.8 Å². The van der Waals surface area contributed by atoms with Gasteiger partial charge in [-0.3, -0.25) is 9.59 Å². The molecule has 1 radical (unpaired) electrons. The van der Waals surface area contributed by atoms with E-state index in [1.165, 1.54) is 0 Å². The summed E-state index contributed by atoms with van der Waals surface area (Å²) in [7, 11) is 0. The molecule has 0 aliphatic heterocycles. The zero-order valence-corrected chi connectivity index (χ0v) is 6.41. The molecule has 0 bridgehead atoms. The molecule has 12 heavy (non-hydrogen) atoms. The Hall–Kier alpha value is -1.50. The Morgan fingerprint density at radius 2 is 2.00 bits per heavy atom. The lowest BCUT2D eigenvalue weighted by atomic mass is 10.2. The maximum atomic E-state index is 9.99. The normalized spacial score (nSPS) is 8.33. The first kappa shape index (κ1) is 10.5. The molecule has 0 saturated heterocycles. The Labute approximate surface area is 70.2 Å². The highest BCUT2D eigenvalue weighted by molar-refractivity contribution is 5.80. The first-order valence-electron chi connectivity index (χ1n) is 3.39. The van der Waals surface area contributed by atoms with E-state index in [1.807, 2.05) is 0 Å². The van der Waals surface area contributed by atoms with E-state index in [2.05, 4.69) is 11.8 Å². The number of carboxylic acids is 2. The molecule has 0 aliphatic carbocycles. The van der Waals surface area contributed by atoms with E-state index in [4.69, 9.17) is 10.2 Å². The van der Waals surface area contributed by atoms with Gasteiger partial charge < -0.3 is 10.2 Å². The Kier molecular flexibility index (Phi) is 5.45. The number of hydrogen-bond donors (Lipinski definition) is 2. The summed E-state index contributed by atoms with van der Waals surface area (Å²) in [5, 5.41) is 16.3. The molecule has 0 aromatic rings. The van der Waals surface area contributed by atoms with Crippen LogP contribution in [0.25, 0.3) is 0 Å². The number of carbonyl (C=O) groups is 2. The molecule has 0 rings (SSSR count). The van der Waals surface area contributed by atoms with Crippen LogP contribution in [0.1, 0.15) is 19.3 Å². The van der Waals surface area contributed by atoms with E-state index in [-0.39, 0.29) is 6.42 Å². The van der Waals surface area contributed by atoms with E-state index in [1.54, 1.807) is 0 Å². The molecule has 0 amide bonds. The van der Waals surface area contributed by atoms with Gasteiger partial charge in [0.05, 0.1) is 0 Å². The fourth-order valence-electron chi connectivity index (χ4n) is 0.513. The van der Waals surface area contributed by atoms with Gasteiger partial charge >= 0.3 is 11.9 Å². The summed E-state index contributed by atoms with van der Waals surface area (Å²) in [6.45, 7) is 0. The van der Waals surface area contributed by atoms with Gasteiger partial charge in [0, 0.05) is 12.8 Å². The van der Waals surface area contributed by atoms with Crippen molar-refractivity contribution >= 4 is 11.9 Å². The smallest absolute Gasteiger partial charge is 0.320 e. The standard InChI is InChI=1S/C8H9O4/c9-7(10)5-3-1-2-4-6-8(11)12/h6H,1,3,5H2,(H,9,10)(H,11,12). The van der Waals surface area contributed by atoms with Crippen molar-refractivity contribution in [3.8, 4) is 11.8 Å². The monoisotopic (exact) mass is 169 g/mol. The van der Waals surface area contributed by atoms with Crippen LogP contribution in [0.2, 0.25) is 0 Å². The molecule has 0 aromatic heterocycles. The van der Waals surface area contributed by atoms with Gasteiger partial charge in [-0.25, -0.2) is 0 Å². The van der Waals surface area contributed by atoms with Crippen LogP contribution in [-0.2, 0) is 9.59 Å². The highest BCUT2D eigenvalue weighted by Gasteiger charge is 1.93. The van der Waals surface area contributed by atoms with Gasteiger partial charge in [0.2, 0.25) is 0 Å². The molecule has 0 fully saturated rings. The molecule has 0 saturated carbocycles.